The van der Waals surface area contributed by atoms with Gasteiger partial charge in [0.15, 0.2) is 5.82 Å². The van der Waals surface area contributed by atoms with Gasteiger partial charge in [0.25, 0.3) is 5.91 Å². The van der Waals surface area contributed by atoms with Crippen molar-refractivity contribution in [1.29, 1.82) is 0 Å². The summed E-state index contributed by atoms with van der Waals surface area (Å²) < 4.78 is 46.8. The maximum absolute atomic E-state index is 13.1. The second kappa shape index (κ2) is 7.73. The van der Waals surface area contributed by atoms with Gasteiger partial charge in [-0.3, -0.25) is 4.79 Å². The van der Waals surface area contributed by atoms with Crippen LogP contribution in [0.2, 0.25) is 0 Å². The van der Waals surface area contributed by atoms with Crippen LogP contribution in [-0.2, 0) is 6.18 Å². The molecule has 30 heavy (non-hydrogen) atoms. The van der Waals surface area contributed by atoms with Crippen molar-refractivity contribution in [3.8, 4) is 17.4 Å². The molecule has 0 saturated carbocycles. The Labute approximate surface area is 169 Å². The minimum atomic E-state index is -4.64. The van der Waals surface area contributed by atoms with Gasteiger partial charge in [-0.15, -0.1) is 10.2 Å². The van der Waals surface area contributed by atoms with Crippen LogP contribution in [0.15, 0.2) is 36.8 Å². The van der Waals surface area contributed by atoms with Gasteiger partial charge in [-0.2, -0.15) is 13.2 Å². The van der Waals surface area contributed by atoms with Gasteiger partial charge in [0, 0.05) is 12.2 Å². The molecule has 3 aromatic rings. The monoisotopic (exact) mass is 418 g/mol. The summed E-state index contributed by atoms with van der Waals surface area (Å²) in [6.07, 6.45) is -1.11. The number of nitrogens with one attached hydrogen (secondary N) is 1. The first-order valence-electron chi connectivity index (χ1n) is 9.21. The van der Waals surface area contributed by atoms with Crippen LogP contribution >= 0.6 is 0 Å². The predicted molar refractivity (Wildman–Crippen MR) is 99.9 cm³/mol. The second-order valence-corrected chi connectivity index (χ2v) is 6.84. The Morgan fingerprint density at radius 1 is 1.30 bits per heavy atom. The first kappa shape index (κ1) is 19.8. The van der Waals surface area contributed by atoms with Gasteiger partial charge < -0.3 is 14.6 Å². The normalized spacial score (nSPS) is 17.2. The highest BCUT2D eigenvalue weighted by atomic mass is 19.4. The Morgan fingerprint density at radius 3 is 2.93 bits per heavy atom. The fourth-order valence-electron chi connectivity index (χ4n) is 3.13. The lowest BCUT2D eigenvalue weighted by Gasteiger charge is -2.17. The number of anilines is 1. The quantitative estimate of drug-likeness (QED) is 0.598. The molecule has 2 bridgehead atoms. The molecular weight excluding hydrogens is 401 g/mol. The summed E-state index contributed by atoms with van der Waals surface area (Å²) in [6, 6.07) is 5.66. The van der Waals surface area contributed by atoms with Crippen LogP contribution in [0.5, 0.6) is 5.88 Å². The first-order valence-corrected chi connectivity index (χ1v) is 9.21. The number of carbonyl (C=O) groups is 1. The van der Waals surface area contributed by atoms with Gasteiger partial charge in [0.2, 0.25) is 5.88 Å². The minimum Gasteiger partial charge on any atom is -0.477 e. The van der Waals surface area contributed by atoms with Crippen molar-refractivity contribution >= 4 is 11.7 Å². The topological polar surface area (TPSA) is 94.8 Å². The molecular formula is C19H17F3N6O2. The molecule has 4 rings (SSSR count). The minimum absolute atomic E-state index is 0.0293. The van der Waals surface area contributed by atoms with Crippen LogP contribution in [0.25, 0.3) is 11.5 Å². The molecule has 0 radical (unpaired) electrons. The largest absolute Gasteiger partial charge is 0.477 e. The molecule has 3 aromatic heterocycles. The number of hydrogen-bond donors (Lipinski definition) is 1. The van der Waals surface area contributed by atoms with Gasteiger partial charge in [-0.1, -0.05) is 6.07 Å². The van der Waals surface area contributed by atoms with Crippen molar-refractivity contribution < 1.29 is 22.7 Å². The van der Waals surface area contributed by atoms with Crippen LogP contribution in [0, 0.1) is 0 Å². The average Bonchev–Trinajstić information content (AvgIpc) is 3.20. The van der Waals surface area contributed by atoms with E-state index >= 15 is 0 Å². The zero-order valence-corrected chi connectivity index (χ0v) is 15.8. The zero-order chi connectivity index (χ0) is 21.3. The van der Waals surface area contributed by atoms with Crippen LogP contribution in [0.3, 0.4) is 0 Å². The van der Waals surface area contributed by atoms with E-state index in [-0.39, 0.29) is 29.9 Å². The lowest BCUT2D eigenvalue weighted by Crippen LogP contribution is -2.18. The maximum Gasteiger partial charge on any atom is 0.417 e. The number of aromatic nitrogens is 5. The van der Waals surface area contributed by atoms with E-state index in [0.29, 0.717) is 30.6 Å². The van der Waals surface area contributed by atoms with Gasteiger partial charge >= 0.3 is 6.18 Å². The smallest absolute Gasteiger partial charge is 0.417 e. The Bertz CT molecular complexity index is 1080. The Hall–Kier alpha value is -3.50. The lowest BCUT2D eigenvalue weighted by atomic mass is 10.1. The number of alkyl halides is 3. The average molecular weight is 418 g/mol. The summed E-state index contributed by atoms with van der Waals surface area (Å²) in [5.41, 5.74) is -0.872. The van der Waals surface area contributed by atoms with Crippen molar-refractivity contribution in [3.63, 3.8) is 0 Å². The van der Waals surface area contributed by atoms with Crippen LogP contribution < -0.4 is 10.1 Å². The second-order valence-electron chi connectivity index (χ2n) is 6.84. The summed E-state index contributed by atoms with van der Waals surface area (Å²) in [4.78, 5) is 20.8. The van der Waals surface area contributed by atoms with Crippen LogP contribution in [0.1, 0.15) is 41.7 Å². The third-order valence-electron chi connectivity index (χ3n) is 4.70. The highest BCUT2D eigenvalue weighted by Gasteiger charge is 2.33. The number of nitrogens with zero attached hydrogens (tertiary/aromatic N) is 5. The van der Waals surface area contributed by atoms with Gasteiger partial charge in [-0.25, -0.2) is 9.97 Å². The molecule has 8 nitrogen and oxygen atoms in total. The van der Waals surface area contributed by atoms with Crippen LogP contribution in [0.4, 0.5) is 19.0 Å². The Kier molecular flexibility index (Phi) is 5.10. The molecule has 4 heterocycles. The molecule has 1 atom stereocenters. The number of pyridine rings is 2. The fourth-order valence-corrected chi connectivity index (χ4v) is 3.13. The molecule has 1 N–H and O–H groups in total. The van der Waals surface area contributed by atoms with Crippen LogP contribution in [-0.4, -0.2) is 37.2 Å². The summed E-state index contributed by atoms with van der Waals surface area (Å²) in [5.74, 6) is -0.287. The van der Waals surface area contributed by atoms with Crippen molar-refractivity contribution in [2.75, 3.05) is 11.9 Å². The van der Waals surface area contributed by atoms with E-state index in [1.165, 1.54) is 6.07 Å². The maximum atomic E-state index is 13.1. The number of amides is 1. The molecule has 1 amide bonds. The van der Waals surface area contributed by atoms with Gasteiger partial charge in [0.1, 0.15) is 23.4 Å². The molecule has 1 aliphatic rings. The molecule has 0 saturated heterocycles. The van der Waals surface area contributed by atoms with Gasteiger partial charge in [-0.05, 0) is 38.0 Å². The Balaban J connectivity index is 1.77. The molecule has 11 heteroatoms. The third kappa shape index (κ3) is 3.95. The number of ether oxygens (including phenoxy) is 1. The molecule has 0 aliphatic carbocycles. The SMILES string of the molecule is CC1CCCOc2ncc(C(F)(F)F)cc2C(=O)Nc2cccc(n2)-c2nncn21. The molecule has 0 fully saturated rings. The molecule has 0 aromatic carbocycles. The summed E-state index contributed by atoms with van der Waals surface area (Å²) in [5, 5.41) is 10.6. The van der Waals surface area contributed by atoms with Crippen molar-refractivity contribution in [2.45, 2.75) is 32.0 Å². The molecule has 1 aliphatic heterocycles. The van der Waals surface area contributed by atoms with E-state index in [1.54, 1.807) is 18.5 Å². The summed E-state index contributed by atoms with van der Waals surface area (Å²) in [6.45, 7) is 2.18. The lowest BCUT2D eigenvalue weighted by molar-refractivity contribution is -0.137. The van der Waals surface area contributed by atoms with Crippen molar-refractivity contribution in [1.82, 2.24) is 24.7 Å². The van der Waals surface area contributed by atoms with Crippen molar-refractivity contribution in [3.05, 3.63) is 47.9 Å². The van der Waals surface area contributed by atoms with E-state index in [2.05, 4.69) is 25.5 Å². The number of hydrogen-bond acceptors (Lipinski definition) is 6. The predicted octanol–water partition coefficient (Wildman–Crippen LogP) is 3.74. The highest BCUT2D eigenvalue weighted by Crippen LogP contribution is 2.32. The van der Waals surface area contributed by atoms with E-state index in [4.69, 9.17) is 4.74 Å². The standard InChI is InChI=1S/C19H17F3N6O2/c1-11-4-3-7-30-18-13(8-12(9-23-18)19(20,21)22)17(29)26-15-6-2-5-14(25-15)16-27-24-10-28(11)16/h2,5-6,8-11H,3-4,7H2,1H3,(H,25,26,29). The third-order valence-corrected chi connectivity index (χ3v) is 4.70. The number of rotatable bonds is 0. The Morgan fingerprint density at radius 2 is 2.13 bits per heavy atom. The zero-order valence-electron chi connectivity index (χ0n) is 15.8. The molecule has 1 unspecified atom stereocenters. The number of halogens is 3. The highest BCUT2D eigenvalue weighted by molar-refractivity contribution is 6.05. The number of fused-ring (bicyclic) bond motifs is 5. The fraction of sp³-hybridized carbons (Fsp3) is 0.316. The van der Waals surface area contributed by atoms with Crippen molar-refractivity contribution in [2.24, 2.45) is 0 Å². The first-order chi connectivity index (χ1) is 14.3. The van der Waals surface area contributed by atoms with E-state index in [9.17, 15) is 18.0 Å². The molecule has 0 spiro atoms. The summed E-state index contributed by atoms with van der Waals surface area (Å²) >= 11 is 0. The molecule has 156 valence electrons. The van der Waals surface area contributed by atoms with Gasteiger partial charge in [0.05, 0.1) is 12.2 Å². The van der Waals surface area contributed by atoms with E-state index in [1.807, 2.05) is 11.5 Å². The van der Waals surface area contributed by atoms with E-state index in [0.717, 1.165) is 6.07 Å². The number of carbonyl (C=O) groups excluding carboxylic acids is 1. The summed E-state index contributed by atoms with van der Waals surface area (Å²) in [7, 11) is 0. The van der Waals surface area contributed by atoms with E-state index < -0.39 is 17.6 Å².